The van der Waals surface area contributed by atoms with Crippen LogP contribution in [0.1, 0.15) is 33.6 Å². The Morgan fingerprint density at radius 3 is 2.83 bits per heavy atom. The number of hydrogen-bond donors (Lipinski definition) is 2. The lowest BCUT2D eigenvalue weighted by molar-refractivity contribution is 0.0638. The highest BCUT2D eigenvalue weighted by molar-refractivity contribution is 6.01. The number of anilines is 1. The van der Waals surface area contributed by atoms with Gasteiger partial charge in [0.25, 0.3) is 11.8 Å². The van der Waals surface area contributed by atoms with Gasteiger partial charge in [0.05, 0.1) is 17.4 Å². The minimum Gasteiger partial charge on any atom is -0.472 e. The zero-order valence-electron chi connectivity index (χ0n) is 12.4. The van der Waals surface area contributed by atoms with Crippen molar-refractivity contribution in [3.8, 4) is 0 Å². The molecule has 0 radical (unpaired) electrons. The number of piperidine rings is 1. The molecule has 2 N–H and O–H groups in total. The highest BCUT2D eigenvalue weighted by Crippen LogP contribution is 2.30. The van der Waals surface area contributed by atoms with Gasteiger partial charge in [-0.15, -0.1) is 0 Å². The molecule has 0 aromatic carbocycles. The molecule has 23 heavy (non-hydrogen) atoms. The summed E-state index contributed by atoms with van der Waals surface area (Å²) in [6.07, 6.45) is 5.85. The fourth-order valence-corrected chi connectivity index (χ4v) is 3.14. The molecule has 2 amide bonds. The van der Waals surface area contributed by atoms with Gasteiger partial charge in [0.15, 0.2) is 0 Å². The molecule has 7 heteroatoms. The van der Waals surface area contributed by atoms with Crippen molar-refractivity contribution in [1.82, 2.24) is 15.2 Å². The topological polar surface area (TPSA) is 87.5 Å². The van der Waals surface area contributed by atoms with E-state index in [1.807, 2.05) is 0 Å². The monoisotopic (exact) mass is 312 g/mol. The van der Waals surface area contributed by atoms with Crippen LogP contribution in [0, 0.1) is 0 Å². The molecule has 0 saturated carbocycles. The number of carbonyl (C=O) groups is 2. The molecule has 4 heterocycles. The van der Waals surface area contributed by atoms with Crippen LogP contribution in [0.4, 0.5) is 5.82 Å². The Labute approximate surface area is 132 Å². The van der Waals surface area contributed by atoms with Gasteiger partial charge < -0.3 is 20.0 Å². The molecular formula is C16H16N4O3. The predicted molar refractivity (Wildman–Crippen MR) is 81.9 cm³/mol. The van der Waals surface area contributed by atoms with E-state index in [9.17, 15) is 9.59 Å². The first-order valence-electron chi connectivity index (χ1n) is 7.54. The molecule has 1 saturated heterocycles. The average molecular weight is 312 g/mol. The zero-order chi connectivity index (χ0) is 15.9. The summed E-state index contributed by atoms with van der Waals surface area (Å²) in [5.74, 6) is 0.432. The van der Waals surface area contributed by atoms with Crippen molar-refractivity contribution in [2.24, 2.45) is 0 Å². The number of furan rings is 1. The summed E-state index contributed by atoms with van der Waals surface area (Å²) in [6, 6.07) is 5.15. The van der Waals surface area contributed by atoms with Gasteiger partial charge in [-0.3, -0.25) is 9.59 Å². The third kappa shape index (κ3) is 2.34. The smallest absolute Gasteiger partial charge is 0.257 e. The van der Waals surface area contributed by atoms with Gasteiger partial charge in [-0.2, -0.15) is 0 Å². The fraction of sp³-hybridized carbons (Fsp3) is 0.312. The van der Waals surface area contributed by atoms with Crippen LogP contribution in [0.3, 0.4) is 0 Å². The van der Waals surface area contributed by atoms with Crippen LogP contribution >= 0.6 is 0 Å². The van der Waals surface area contributed by atoms with Crippen LogP contribution in [0.25, 0.3) is 0 Å². The number of carbonyl (C=O) groups excluding carboxylic acids is 2. The molecule has 2 aliphatic heterocycles. The molecule has 1 spiro atoms. The van der Waals surface area contributed by atoms with Crippen molar-refractivity contribution in [3.63, 3.8) is 0 Å². The number of pyridine rings is 1. The second-order valence-corrected chi connectivity index (χ2v) is 5.87. The third-order valence-electron chi connectivity index (χ3n) is 4.44. The average Bonchev–Trinajstić information content (AvgIpc) is 3.09. The molecular weight excluding hydrogens is 296 g/mol. The highest BCUT2D eigenvalue weighted by Gasteiger charge is 2.41. The Kier molecular flexibility index (Phi) is 3.07. The highest BCUT2D eigenvalue weighted by atomic mass is 16.3. The lowest BCUT2D eigenvalue weighted by Gasteiger charge is -2.45. The number of rotatable bonds is 1. The van der Waals surface area contributed by atoms with Gasteiger partial charge in [0.2, 0.25) is 0 Å². The Morgan fingerprint density at radius 1 is 1.26 bits per heavy atom. The molecule has 0 unspecified atom stereocenters. The summed E-state index contributed by atoms with van der Waals surface area (Å²) in [7, 11) is 0. The normalized spacial score (nSPS) is 19.0. The fourth-order valence-electron chi connectivity index (χ4n) is 3.14. The maximum absolute atomic E-state index is 12.3. The molecule has 7 nitrogen and oxygen atoms in total. The summed E-state index contributed by atoms with van der Waals surface area (Å²) in [4.78, 5) is 30.6. The van der Waals surface area contributed by atoms with E-state index in [4.69, 9.17) is 4.42 Å². The number of aromatic nitrogens is 1. The molecule has 0 atom stereocenters. The quantitative estimate of drug-likeness (QED) is 0.832. The SMILES string of the molecule is O=C1NC2(CCN(C(=O)c3ccoc3)CC2)Nc2ncccc21. The van der Waals surface area contributed by atoms with Crippen molar-refractivity contribution in [2.45, 2.75) is 18.5 Å². The van der Waals surface area contributed by atoms with E-state index < -0.39 is 5.66 Å². The maximum Gasteiger partial charge on any atom is 0.257 e. The van der Waals surface area contributed by atoms with Crippen LogP contribution in [0.2, 0.25) is 0 Å². The molecule has 0 aliphatic carbocycles. The lowest BCUT2D eigenvalue weighted by atomic mass is 9.93. The van der Waals surface area contributed by atoms with E-state index in [0.29, 0.717) is 42.9 Å². The van der Waals surface area contributed by atoms with Crippen molar-refractivity contribution in [1.29, 1.82) is 0 Å². The van der Waals surface area contributed by atoms with Crippen LogP contribution in [0.15, 0.2) is 41.3 Å². The molecule has 118 valence electrons. The van der Waals surface area contributed by atoms with Crippen LogP contribution in [0.5, 0.6) is 0 Å². The first kappa shape index (κ1) is 13.8. The van der Waals surface area contributed by atoms with E-state index in [-0.39, 0.29) is 11.8 Å². The standard InChI is InChI=1S/C16H16N4O3/c21-14-12-2-1-6-17-13(12)18-16(19-14)4-7-20(8-5-16)15(22)11-3-9-23-10-11/h1-3,6,9-10H,4-5,7-8H2,(H,17,18)(H,19,21). The van der Waals surface area contributed by atoms with Gasteiger partial charge in [0, 0.05) is 32.1 Å². The van der Waals surface area contributed by atoms with Crippen molar-refractivity contribution >= 4 is 17.6 Å². The first-order valence-corrected chi connectivity index (χ1v) is 7.54. The summed E-state index contributed by atoms with van der Waals surface area (Å²) >= 11 is 0. The number of likely N-dealkylation sites (tertiary alicyclic amines) is 1. The van der Waals surface area contributed by atoms with E-state index in [1.54, 1.807) is 29.3 Å². The number of amides is 2. The lowest BCUT2D eigenvalue weighted by Crippen LogP contribution is -2.62. The van der Waals surface area contributed by atoms with Crippen molar-refractivity contribution < 1.29 is 14.0 Å². The van der Waals surface area contributed by atoms with Gasteiger partial charge in [-0.05, 0) is 18.2 Å². The van der Waals surface area contributed by atoms with E-state index in [2.05, 4.69) is 15.6 Å². The Morgan fingerprint density at radius 2 is 2.09 bits per heavy atom. The molecule has 4 rings (SSSR count). The van der Waals surface area contributed by atoms with Gasteiger partial charge >= 0.3 is 0 Å². The maximum atomic E-state index is 12.3. The minimum atomic E-state index is -0.536. The number of nitrogens with zero attached hydrogens (tertiary/aromatic N) is 2. The van der Waals surface area contributed by atoms with Crippen molar-refractivity contribution in [2.75, 3.05) is 18.4 Å². The number of hydrogen-bond acceptors (Lipinski definition) is 5. The number of nitrogens with one attached hydrogen (secondary N) is 2. The summed E-state index contributed by atoms with van der Waals surface area (Å²) in [5.41, 5.74) is 0.564. The summed E-state index contributed by atoms with van der Waals surface area (Å²) in [6.45, 7) is 1.11. The Balaban J connectivity index is 1.50. The molecule has 2 aromatic heterocycles. The zero-order valence-corrected chi connectivity index (χ0v) is 12.4. The second kappa shape index (κ2) is 5.12. The van der Waals surface area contributed by atoms with Crippen LogP contribution in [-0.2, 0) is 0 Å². The van der Waals surface area contributed by atoms with Crippen LogP contribution in [-0.4, -0.2) is 40.5 Å². The Hall–Kier alpha value is -2.83. The first-order chi connectivity index (χ1) is 11.2. The molecule has 2 aromatic rings. The molecule has 1 fully saturated rings. The summed E-state index contributed by atoms with van der Waals surface area (Å²) in [5, 5.41) is 6.37. The van der Waals surface area contributed by atoms with E-state index in [0.717, 1.165) is 0 Å². The molecule has 2 aliphatic rings. The minimum absolute atomic E-state index is 0.0470. The molecule has 0 bridgehead atoms. The predicted octanol–water partition coefficient (Wildman–Crippen LogP) is 1.46. The third-order valence-corrected chi connectivity index (χ3v) is 4.44. The Bertz CT molecular complexity index is 748. The van der Waals surface area contributed by atoms with Crippen LogP contribution < -0.4 is 10.6 Å². The van der Waals surface area contributed by atoms with E-state index >= 15 is 0 Å². The van der Waals surface area contributed by atoms with Gasteiger partial charge in [0.1, 0.15) is 17.7 Å². The second-order valence-electron chi connectivity index (χ2n) is 5.87. The summed E-state index contributed by atoms with van der Waals surface area (Å²) < 4.78 is 4.96. The van der Waals surface area contributed by atoms with Gasteiger partial charge in [-0.25, -0.2) is 4.98 Å². The van der Waals surface area contributed by atoms with Gasteiger partial charge in [-0.1, -0.05) is 0 Å². The number of fused-ring (bicyclic) bond motifs is 1. The largest absolute Gasteiger partial charge is 0.472 e. The van der Waals surface area contributed by atoms with E-state index in [1.165, 1.54) is 12.5 Å². The van der Waals surface area contributed by atoms with Crippen molar-refractivity contribution in [3.05, 3.63) is 48.0 Å².